The van der Waals surface area contributed by atoms with Crippen molar-refractivity contribution in [2.45, 2.75) is 6.54 Å². The van der Waals surface area contributed by atoms with Crippen molar-refractivity contribution in [3.05, 3.63) is 66.1 Å². The summed E-state index contributed by atoms with van der Waals surface area (Å²) >= 11 is 0. The van der Waals surface area contributed by atoms with E-state index in [1.807, 2.05) is 47.0 Å². The molecule has 0 amide bonds. The number of pyridine rings is 1. The molecule has 0 fully saturated rings. The Bertz CT molecular complexity index is 748. The highest BCUT2D eigenvalue weighted by molar-refractivity contribution is 5.95. The van der Waals surface area contributed by atoms with Crippen LogP contribution in [-0.2, 0) is 11.3 Å². The van der Waals surface area contributed by atoms with Crippen molar-refractivity contribution in [2.24, 2.45) is 0 Å². The number of aromatic nitrogens is 2. The Balaban J connectivity index is 2.13. The number of carbonyl (C=O) groups is 1. The molecule has 0 aliphatic rings. The lowest BCUT2D eigenvalue weighted by molar-refractivity contribution is 0.0589. The van der Waals surface area contributed by atoms with Crippen LogP contribution in [0, 0.1) is 0 Å². The number of ether oxygens (including phenoxy) is 1. The SMILES string of the molecule is COC(=O)c1cc2ccccc2n1Cc1ccncc1. The fraction of sp³-hybridized carbons (Fsp3) is 0.125. The van der Waals surface area contributed by atoms with Crippen LogP contribution >= 0.6 is 0 Å². The third kappa shape index (κ3) is 2.16. The van der Waals surface area contributed by atoms with Crippen LogP contribution in [0.4, 0.5) is 0 Å². The predicted molar refractivity (Wildman–Crippen MR) is 76.6 cm³/mol. The number of carbonyl (C=O) groups excluding carboxylic acids is 1. The van der Waals surface area contributed by atoms with Gasteiger partial charge in [0.1, 0.15) is 5.69 Å². The van der Waals surface area contributed by atoms with Gasteiger partial charge in [-0.2, -0.15) is 0 Å². The molecule has 20 heavy (non-hydrogen) atoms. The van der Waals surface area contributed by atoms with Gasteiger partial charge in [0, 0.05) is 29.8 Å². The van der Waals surface area contributed by atoms with Crippen LogP contribution in [-0.4, -0.2) is 22.6 Å². The van der Waals surface area contributed by atoms with Crippen molar-refractivity contribution in [1.29, 1.82) is 0 Å². The Hall–Kier alpha value is -2.62. The Labute approximate surface area is 116 Å². The van der Waals surface area contributed by atoms with E-state index in [1.165, 1.54) is 7.11 Å². The van der Waals surface area contributed by atoms with Gasteiger partial charge < -0.3 is 9.30 Å². The van der Waals surface area contributed by atoms with Gasteiger partial charge in [-0.1, -0.05) is 18.2 Å². The van der Waals surface area contributed by atoms with Crippen molar-refractivity contribution in [3.63, 3.8) is 0 Å². The minimum absolute atomic E-state index is 0.324. The Morgan fingerprint density at radius 3 is 2.70 bits per heavy atom. The second-order valence-electron chi connectivity index (χ2n) is 4.52. The van der Waals surface area contributed by atoms with Crippen LogP contribution in [0.2, 0.25) is 0 Å². The summed E-state index contributed by atoms with van der Waals surface area (Å²) in [5.74, 6) is -0.324. The summed E-state index contributed by atoms with van der Waals surface area (Å²) in [6.45, 7) is 0.612. The summed E-state index contributed by atoms with van der Waals surface area (Å²) in [4.78, 5) is 15.9. The molecule has 0 N–H and O–H groups in total. The Kier molecular flexibility index (Phi) is 3.21. The molecule has 0 spiro atoms. The molecule has 2 aromatic heterocycles. The van der Waals surface area contributed by atoms with E-state index in [-0.39, 0.29) is 5.97 Å². The molecule has 1 aromatic carbocycles. The lowest BCUT2D eigenvalue weighted by Crippen LogP contribution is -2.11. The molecule has 0 saturated carbocycles. The van der Waals surface area contributed by atoms with E-state index in [0.717, 1.165) is 16.5 Å². The molecule has 4 nitrogen and oxygen atoms in total. The predicted octanol–water partition coefficient (Wildman–Crippen LogP) is 2.87. The molecule has 3 rings (SSSR count). The molecule has 2 heterocycles. The number of fused-ring (bicyclic) bond motifs is 1. The molecule has 3 aromatic rings. The van der Waals surface area contributed by atoms with Crippen LogP contribution in [0.5, 0.6) is 0 Å². The number of methoxy groups -OCH3 is 1. The van der Waals surface area contributed by atoms with Crippen molar-refractivity contribution in [3.8, 4) is 0 Å². The zero-order valence-corrected chi connectivity index (χ0v) is 11.1. The van der Waals surface area contributed by atoms with Gasteiger partial charge in [-0.3, -0.25) is 4.98 Å². The van der Waals surface area contributed by atoms with E-state index < -0.39 is 0 Å². The quantitative estimate of drug-likeness (QED) is 0.685. The molecule has 0 aliphatic carbocycles. The van der Waals surface area contributed by atoms with Gasteiger partial charge in [-0.15, -0.1) is 0 Å². The topological polar surface area (TPSA) is 44.1 Å². The molecular weight excluding hydrogens is 252 g/mol. The highest BCUT2D eigenvalue weighted by atomic mass is 16.5. The van der Waals surface area contributed by atoms with Crippen LogP contribution in [0.15, 0.2) is 54.9 Å². The van der Waals surface area contributed by atoms with E-state index in [9.17, 15) is 4.79 Å². The van der Waals surface area contributed by atoms with Gasteiger partial charge in [-0.25, -0.2) is 4.79 Å². The fourth-order valence-corrected chi connectivity index (χ4v) is 2.33. The van der Waals surface area contributed by atoms with Crippen molar-refractivity contribution in [2.75, 3.05) is 7.11 Å². The Morgan fingerprint density at radius 2 is 1.95 bits per heavy atom. The zero-order chi connectivity index (χ0) is 13.9. The standard InChI is InChI=1S/C16H14N2O2/c1-20-16(19)15-10-13-4-2-3-5-14(13)18(15)11-12-6-8-17-9-7-12/h2-10H,11H2,1H3. The van der Waals surface area contributed by atoms with E-state index in [1.54, 1.807) is 12.4 Å². The third-order valence-corrected chi connectivity index (χ3v) is 3.30. The molecular formula is C16H14N2O2. The zero-order valence-electron chi connectivity index (χ0n) is 11.1. The molecule has 0 unspecified atom stereocenters. The number of hydrogen-bond donors (Lipinski definition) is 0. The van der Waals surface area contributed by atoms with Crippen LogP contribution in [0.1, 0.15) is 16.1 Å². The van der Waals surface area contributed by atoms with Gasteiger partial charge >= 0.3 is 5.97 Å². The van der Waals surface area contributed by atoms with E-state index in [0.29, 0.717) is 12.2 Å². The second kappa shape index (κ2) is 5.17. The average molecular weight is 266 g/mol. The Morgan fingerprint density at radius 1 is 1.20 bits per heavy atom. The molecule has 0 bridgehead atoms. The summed E-state index contributed by atoms with van der Waals surface area (Å²) < 4.78 is 6.84. The molecule has 0 aliphatic heterocycles. The summed E-state index contributed by atoms with van der Waals surface area (Å²) in [7, 11) is 1.40. The number of rotatable bonds is 3. The molecule has 0 saturated heterocycles. The second-order valence-corrected chi connectivity index (χ2v) is 4.52. The fourth-order valence-electron chi connectivity index (χ4n) is 2.33. The smallest absolute Gasteiger partial charge is 0.354 e. The first-order valence-electron chi connectivity index (χ1n) is 6.35. The van der Waals surface area contributed by atoms with Gasteiger partial charge in [0.15, 0.2) is 0 Å². The lowest BCUT2D eigenvalue weighted by atomic mass is 10.2. The largest absolute Gasteiger partial charge is 0.464 e. The first-order valence-corrected chi connectivity index (χ1v) is 6.35. The minimum Gasteiger partial charge on any atom is -0.464 e. The van der Waals surface area contributed by atoms with Crippen molar-refractivity contribution < 1.29 is 9.53 Å². The van der Waals surface area contributed by atoms with Crippen LogP contribution in [0.25, 0.3) is 10.9 Å². The summed E-state index contributed by atoms with van der Waals surface area (Å²) in [6.07, 6.45) is 3.50. The van der Waals surface area contributed by atoms with E-state index in [2.05, 4.69) is 4.98 Å². The van der Waals surface area contributed by atoms with Crippen LogP contribution < -0.4 is 0 Å². The number of hydrogen-bond acceptors (Lipinski definition) is 3. The molecule has 0 radical (unpaired) electrons. The minimum atomic E-state index is -0.324. The molecule has 4 heteroatoms. The third-order valence-electron chi connectivity index (χ3n) is 3.30. The number of para-hydroxylation sites is 1. The normalized spacial score (nSPS) is 10.7. The van der Waals surface area contributed by atoms with Crippen molar-refractivity contribution >= 4 is 16.9 Å². The molecule has 0 atom stereocenters. The van der Waals surface area contributed by atoms with E-state index >= 15 is 0 Å². The maximum Gasteiger partial charge on any atom is 0.354 e. The lowest BCUT2D eigenvalue weighted by Gasteiger charge is -2.09. The van der Waals surface area contributed by atoms with Crippen molar-refractivity contribution in [1.82, 2.24) is 9.55 Å². The van der Waals surface area contributed by atoms with E-state index in [4.69, 9.17) is 4.74 Å². The highest BCUT2D eigenvalue weighted by Gasteiger charge is 2.15. The number of nitrogens with zero attached hydrogens (tertiary/aromatic N) is 2. The monoisotopic (exact) mass is 266 g/mol. The van der Waals surface area contributed by atoms with Gasteiger partial charge in [0.25, 0.3) is 0 Å². The number of esters is 1. The van der Waals surface area contributed by atoms with Gasteiger partial charge in [0.05, 0.1) is 7.11 Å². The maximum atomic E-state index is 11.9. The molecule has 100 valence electrons. The first kappa shape index (κ1) is 12.4. The maximum absolute atomic E-state index is 11.9. The summed E-state index contributed by atoms with van der Waals surface area (Å²) in [6, 6.07) is 13.7. The highest BCUT2D eigenvalue weighted by Crippen LogP contribution is 2.21. The average Bonchev–Trinajstić information content (AvgIpc) is 2.86. The van der Waals surface area contributed by atoms with Gasteiger partial charge in [-0.05, 0) is 29.8 Å². The van der Waals surface area contributed by atoms with Crippen LogP contribution in [0.3, 0.4) is 0 Å². The summed E-state index contributed by atoms with van der Waals surface area (Å²) in [5.41, 5.74) is 2.67. The first-order chi connectivity index (χ1) is 9.79. The summed E-state index contributed by atoms with van der Waals surface area (Å²) in [5, 5.41) is 1.03. The number of benzene rings is 1. The van der Waals surface area contributed by atoms with Gasteiger partial charge in [0.2, 0.25) is 0 Å².